The molecule has 2 aromatic rings. The number of rotatable bonds is 3. The Morgan fingerprint density at radius 2 is 2.19 bits per heavy atom. The molecule has 6 heteroatoms. The highest BCUT2D eigenvalue weighted by Gasteiger charge is 2.17. The van der Waals surface area contributed by atoms with Gasteiger partial charge in [0.05, 0.1) is 6.20 Å². The molecule has 0 unspecified atom stereocenters. The molecule has 0 aliphatic carbocycles. The number of aryl methyl sites for hydroxylation is 1. The molecule has 0 saturated heterocycles. The molecule has 2 aromatic heterocycles. The van der Waals surface area contributed by atoms with Crippen molar-refractivity contribution in [3.05, 3.63) is 16.9 Å². The number of carbonyl (C=O) groups excluding carboxylic acids is 1. The lowest BCUT2D eigenvalue weighted by molar-refractivity contribution is 0.0768. The largest absolute Gasteiger partial charge is 0.338 e. The van der Waals surface area contributed by atoms with Crippen molar-refractivity contribution in [1.29, 1.82) is 0 Å². The first-order valence-electron chi connectivity index (χ1n) is 5.27. The summed E-state index contributed by atoms with van der Waals surface area (Å²) in [4.78, 5) is 18.8. The second kappa shape index (κ2) is 4.21. The molecule has 0 atom stereocenters. The van der Waals surface area contributed by atoms with Gasteiger partial charge in [-0.3, -0.25) is 4.79 Å². The van der Waals surface area contributed by atoms with Gasteiger partial charge in [0.15, 0.2) is 0 Å². The van der Waals surface area contributed by atoms with Crippen molar-refractivity contribution in [2.45, 2.75) is 20.8 Å². The van der Waals surface area contributed by atoms with Crippen molar-refractivity contribution in [2.75, 3.05) is 13.1 Å². The van der Waals surface area contributed by atoms with Crippen LogP contribution in [0.4, 0.5) is 0 Å². The van der Waals surface area contributed by atoms with E-state index in [2.05, 4.69) is 10.1 Å². The molecular formula is C10H14N4OS. The Bertz CT molecular complexity index is 480. The first-order chi connectivity index (χ1) is 7.65. The first kappa shape index (κ1) is 11.1. The highest BCUT2D eigenvalue weighted by Crippen LogP contribution is 2.14. The number of carbonyl (C=O) groups is 1. The lowest BCUT2D eigenvalue weighted by Crippen LogP contribution is -2.30. The van der Waals surface area contributed by atoms with Crippen LogP contribution in [0.3, 0.4) is 0 Å². The fourth-order valence-electron chi connectivity index (χ4n) is 1.58. The summed E-state index contributed by atoms with van der Waals surface area (Å²) < 4.78 is 1.66. The summed E-state index contributed by atoms with van der Waals surface area (Å²) in [5.41, 5.74) is 0.474. The highest BCUT2D eigenvalue weighted by atomic mass is 32.1. The third kappa shape index (κ3) is 1.80. The zero-order chi connectivity index (χ0) is 11.7. The quantitative estimate of drug-likeness (QED) is 0.815. The monoisotopic (exact) mass is 238 g/mol. The third-order valence-corrected chi connectivity index (χ3v) is 3.25. The van der Waals surface area contributed by atoms with Crippen molar-refractivity contribution in [1.82, 2.24) is 19.5 Å². The van der Waals surface area contributed by atoms with E-state index in [9.17, 15) is 4.79 Å². The van der Waals surface area contributed by atoms with Crippen LogP contribution in [0.25, 0.3) is 4.96 Å². The predicted octanol–water partition coefficient (Wildman–Crippen LogP) is 1.58. The molecule has 0 aliphatic rings. The van der Waals surface area contributed by atoms with Gasteiger partial charge in [0.1, 0.15) is 10.7 Å². The Labute approximate surface area is 97.7 Å². The molecule has 0 aromatic carbocycles. The van der Waals surface area contributed by atoms with Crippen LogP contribution in [0.2, 0.25) is 0 Å². The van der Waals surface area contributed by atoms with Crippen molar-refractivity contribution in [3.8, 4) is 0 Å². The summed E-state index contributed by atoms with van der Waals surface area (Å²) in [7, 11) is 0. The van der Waals surface area contributed by atoms with Crippen molar-refractivity contribution < 1.29 is 4.79 Å². The minimum absolute atomic E-state index is 0.0275. The maximum absolute atomic E-state index is 12.0. The SMILES string of the molecule is CCN(CC)C(=O)c1cn2nc(C)sc2n1. The Balaban J connectivity index is 2.32. The molecule has 86 valence electrons. The molecule has 2 heterocycles. The van der Waals surface area contributed by atoms with Crippen molar-refractivity contribution in [2.24, 2.45) is 0 Å². The molecule has 0 fully saturated rings. The van der Waals surface area contributed by atoms with Gasteiger partial charge in [0, 0.05) is 13.1 Å². The van der Waals surface area contributed by atoms with Crippen molar-refractivity contribution in [3.63, 3.8) is 0 Å². The second-order valence-corrected chi connectivity index (χ2v) is 4.61. The minimum Gasteiger partial charge on any atom is -0.338 e. The van der Waals surface area contributed by atoms with Gasteiger partial charge in [-0.25, -0.2) is 9.50 Å². The number of nitrogens with zero attached hydrogens (tertiary/aromatic N) is 4. The van der Waals surface area contributed by atoms with Crippen LogP contribution in [0.15, 0.2) is 6.20 Å². The molecule has 0 bridgehead atoms. The van der Waals surface area contributed by atoms with E-state index >= 15 is 0 Å². The number of fused-ring (bicyclic) bond motifs is 1. The van der Waals surface area contributed by atoms with E-state index in [0.29, 0.717) is 18.8 Å². The Hall–Kier alpha value is -1.43. The lowest BCUT2D eigenvalue weighted by atomic mass is 10.4. The van der Waals surface area contributed by atoms with Gasteiger partial charge in [-0.2, -0.15) is 5.10 Å². The van der Waals surface area contributed by atoms with E-state index < -0.39 is 0 Å². The van der Waals surface area contributed by atoms with E-state index in [0.717, 1.165) is 9.97 Å². The van der Waals surface area contributed by atoms with E-state index in [1.165, 1.54) is 11.3 Å². The molecular weight excluding hydrogens is 224 g/mol. The topological polar surface area (TPSA) is 50.5 Å². The van der Waals surface area contributed by atoms with Gasteiger partial charge in [-0.15, -0.1) is 0 Å². The minimum atomic E-state index is -0.0275. The van der Waals surface area contributed by atoms with Crippen LogP contribution >= 0.6 is 11.3 Å². The molecule has 2 rings (SSSR count). The summed E-state index contributed by atoms with van der Waals surface area (Å²) in [6.45, 7) is 7.25. The molecule has 0 N–H and O–H groups in total. The van der Waals surface area contributed by atoms with E-state index in [4.69, 9.17) is 0 Å². The Morgan fingerprint density at radius 3 is 2.75 bits per heavy atom. The van der Waals surface area contributed by atoms with Crippen LogP contribution < -0.4 is 0 Å². The fourth-order valence-corrected chi connectivity index (χ4v) is 2.30. The van der Waals surface area contributed by atoms with Gasteiger partial charge >= 0.3 is 0 Å². The van der Waals surface area contributed by atoms with Gasteiger partial charge in [-0.05, 0) is 20.8 Å². The maximum atomic E-state index is 12.0. The maximum Gasteiger partial charge on any atom is 0.274 e. The summed E-state index contributed by atoms with van der Waals surface area (Å²) in [6, 6.07) is 0. The fraction of sp³-hybridized carbons (Fsp3) is 0.500. The number of amides is 1. The summed E-state index contributed by atoms with van der Waals surface area (Å²) in [6.07, 6.45) is 1.69. The van der Waals surface area contributed by atoms with Gasteiger partial charge in [0.2, 0.25) is 4.96 Å². The smallest absolute Gasteiger partial charge is 0.274 e. The highest BCUT2D eigenvalue weighted by molar-refractivity contribution is 7.16. The van der Waals surface area contributed by atoms with Gasteiger partial charge in [0.25, 0.3) is 5.91 Å². The molecule has 0 saturated carbocycles. The van der Waals surface area contributed by atoms with Crippen LogP contribution in [0.5, 0.6) is 0 Å². The van der Waals surface area contributed by atoms with Gasteiger partial charge < -0.3 is 4.90 Å². The van der Waals surface area contributed by atoms with Crippen LogP contribution in [-0.4, -0.2) is 38.5 Å². The summed E-state index contributed by atoms with van der Waals surface area (Å²) in [5.74, 6) is -0.0275. The van der Waals surface area contributed by atoms with E-state index in [1.54, 1.807) is 15.6 Å². The predicted molar refractivity (Wildman–Crippen MR) is 62.9 cm³/mol. The number of hydrogen-bond donors (Lipinski definition) is 0. The second-order valence-electron chi connectivity index (χ2n) is 3.45. The van der Waals surface area contributed by atoms with Crippen molar-refractivity contribution >= 4 is 22.2 Å². The first-order valence-corrected chi connectivity index (χ1v) is 6.09. The average molecular weight is 238 g/mol. The average Bonchev–Trinajstić information content (AvgIpc) is 2.76. The zero-order valence-electron chi connectivity index (χ0n) is 9.60. The van der Waals surface area contributed by atoms with Crippen LogP contribution in [0.1, 0.15) is 29.3 Å². The number of aromatic nitrogens is 3. The molecule has 0 radical (unpaired) electrons. The van der Waals surface area contributed by atoms with E-state index in [1.807, 2.05) is 20.8 Å². The number of hydrogen-bond acceptors (Lipinski definition) is 4. The van der Waals surface area contributed by atoms with E-state index in [-0.39, 0.29) is 5.91 Å². The van der Waals surface area contributed by atoms with Crippen LogP contribution in [0, 0.1) is 6.92 Å². The summed E-state index contributed by atoms with van der Waals surface area (Å²) >= 11 is 1.49. The zero-order valence-corrected chi connectivity index (χ0v) is 10.4. The standard InChI is InChI=1S/C10H14N4OS/c1-4-13(5-2)9(15)8-6-14-10(11-8)16-7(3)12-14/h6H,4-5H2,1-3H3. The Kier molecular flexibility index (Phi) is 2.91. The molecule has 1 amide bonds. The molecule has 0 aliphatic heterocycles. The summed E-state index contributed by atoms with van der Waals surface area (Å²) in [5, 5.41) is 5.18. The normalized spacial score (nSPS) is 10.9. The number of imidazole rings is 1. The molecule has 16 heavy (non-hydrogen) atoms. The molecule has 0 spiro atoms. The van der Waals surface area contributed by atoms with Crippen LogP contribution in [-0.2, 0) is 0 Å². The molecule has 5 nitrogen and oxygen atoms in total. The lowest BCUT2D eigenvalue weighted by Gasteiger charge is -2.16. The third-order valence-electron chi connectivity index (χ3n) is 2.41. The van der Waals surface area contributed by atoms with Gasteiger partial charge in [-0.1, -0.05) is 11.3 Å². The Morgan fingerprint density at radius 1 is 1.50 bits per heavy atom.